The van der Waals surface area contributed by atoms with Crippen LogP contribution in [-0.2, 0) is 7.05 Å². The van der Waals surface area contributed by atoms with Crippen LogP contribution in [0.1, 0.15) is 36.1 Å². The van der Waals surface area contributed by atoms with Gasteiger partial charge in [-0.05, 0) is 43.1 Å². The fourth-order valence-electron chi connectivity index (χ4n) is 2.21. The summed E-state index contributed by atoms with van der Waals surface area (Å²) in [6, 6.07) is 6.18. The second kappa shape index (κ2) is 6.22. The zero-order valence-corrected chi connectivity index (χ0v) is 12.4. The second-order valence-electron chi connectivity index (χ2n) is 4.84. The fraction of sp³-hybridized carbons (Fsp3) is 0.400. The monoisotopic (exact) mass is 277 g/mol. The SMILES string of the molecule is CCCNC(c1cnn(C)c1)c1cc(Cl)ccc1C. The Morgan fingerprint density at radius 2 is 2.21 bits per heavy atom. The summed E-state index contributed by atoms with van der Waals surface area (Å²) < 4.78 is 1.83. The van der Waals surface area contributed by atoms with Crippen LogP contribution in [0.5, 0.6) is 0 Å². The predicted octanol–water partition coefficient (Wildman–Crippen LogP) is 3.47. The molecule has 1 atom stereocenters. The number of rotatable bonds is 5. The average Bonchev–Trinajstić information content (AvgIpc) is 2.80. The maximum Gasteiger partial charge on any atom is 0.0611 e. The Balaban J connectivity index is 2.39. The fourth-order valence-corrected chi connectivity index (χ4v) is 2.39. The van der Waals surface area contributed by atoms with Gasteiger partial charge in [-0.2, -0.15) is 5.10 Å². The average molecular weight is 278 g/mol. The first-order valence-electron chi connectivity index (χ1n) is 6.59. The Kier molecular flexibility index (Phi) is 4.61. The Bertz CT molecular complexity index is 548. The van der Waals surface area contributed by atoms with Gasteiger partial charge >= 0.3 is 0 Å². The molecule has 4 heteroatoms. The molecule has 0 aliphatic carbocycles. The summed E-state index contributed by atoms with van der Waals surface area (Å²) in [4.78, 5) is 0. The smallest absolute Gasteiger partial charge is 0.0611 e. The highest BCUT2D eigenvalue weighted by molar-refractivity contribution is 6.30. The number of aromatic nitrogens is 2. The first-order chi connectivity index (χ1) is 9.11. The molecule has 0 saturated heterocycles. The summed E-state index contributed by atoms with van der Waals surface area (Å²) in [5, 5.41) is 8.61. The van der Waals surface area contributed by atoms with Crippen molar-refractivity contribution in [2.75, 3.05) is 6.54 Å². The van der Waals surface area contributed by atoms with E-state index in [0.717, 1.165) is 18.0 Å². The molecule has 0 fully saturated rings. The maximum absolute atomic E-state index is 6.14. The molecule has 3 nitrogen and oxygen atoms in total. The van der Waals surface area contributed by atoms with E-state index in [1.807, 2.05) is 36.3 Å². The van der Waals surface area contributed by atoms with Crippen LogP contribution < -0.4 is 5.32 Å². The topological polar surface area (TPSA) is 29.9 Å². The molecule has 1 N–H and O–H groups in total. The zero-order valence-electron chi connectivity index (χ0n) is 11.7. The van der Waals surface area contributed by atoms with Gasteiger partial charge in [0, 0.05) is 23.8 Å². The molecule has 0 spiro atoms. The zero-order chi connectivity index (χ0) is 13.8. The third-order valence-corrected chi connectivity index (χ3v) is 3.44. The molecule has 19 heavy (non-hydrogen) atoms. The van der Waals surface area contributed by atoms with Crippen LogP contribution in [0.25, 0.3) is 0 Å². The summed E-state index contributed by atoms with van der Waals surface area (Å²) in [6.07, 6.45) is 5.05. The Morgan fingerprint density at radius 1 is 1.42 bits per heavy atom. The largest absolute Gasteiger partial charge is 0.306 e. The normalized spacial score (nSPS) is 12.6. The van der Waals surface area contributed by atoms with E-state index in [2.05, 4.69) is 30.3 Å². The van der Waals surface area contributed by atoms with Gasteiger partial charge in [0.2, 0.25) is 0 Å². The molecule has 0 radical (unpaired) electrons. The van der Waals surface area contributed by atoms with E-state index < -0.39 is 0 Å². The van der Waals surface area contributed by atoms with Gasteiger partial charge in [-0.1, -0.05) is 24.6 Å². The van der Waals surface area contributed by atoms with E-state index in [9.17, 15) is 0 Å². The summed E-state index contributed by atoms with van der Waals surface area (Å²) in [6.45, 7) is 5.24. The summed E-state index contributed by atoms with van der Waals surface area (Å²) in [7, 11) is 1.94. The van der Waals surface area contributed by atoms with Crippen LogP contribution in [0.15, 0.2) is 30.6 Å². The third kappa shape index (κ3) is 3.37. The lowest BCUT2D eigenvalue weighted by molar-refractivity contribution is 0.595. The van der Waals surface area contributed by atoms with Crippen molar-refractivity contribution in [2.45, 2.75) is 26.3 Å². The molecule has 0 aliphatic rings. The molecule has 1 heterocycles. The molecule has 1 aromatic heterocycles. The number of nitrogens with zero attached hydrogens (tertiary/aromatic N) is 2. The van der Waals surface area contributed by atoms with Crippen molar-refractivity contribution >= 4 is 11.6 Å². The van der Waals surface area contributed by atoms with Crippen molar-refractivity contribution < 1.29 is 0 Å². The van der Waals surface area contributed by atoms with Crippen molar-refractivity contribution in [2.24, 2.45) is 7.05 Å². The number of hydrogen-bond acceptors (Lipinski definition) is 2. The lowest BCUT2D eigenvalue weighted by atomic mass is 9.97. The Hall–Kier alpha value is -1.32. The predicted molar refractivity (Wildman–Crippen MR) is 79.5 cm³/mol. The van der Waals surface area contributed by atoms with Crippen molar-refractivity contribution in [1.82, 2.24) is 15.1 Å². The molecule has 0 amide bonds. The Labute approximate surface area is 119 Å². The van der Waals surface area contributed by atoms with Gasteiger partial charge in [-0.25, -0.2) is 0 Å². The summed E-state index contributed by atoms with van der Waals surface area (Å²) in [5.74, 6) is 0. The standard InChI is InChI=1S/C15H20ClN3/c1-4-7-17-15(12-9-18-19(3)10-12)14-8-13(16)6-5-11(14)2/h5-6,8-10,15,17H,4,7H2,1-3H3. The van der Waals surface area contributed by atoms with E-state index in [4.69, 9.17) is 11.6 Å². The summed E-state index contributed by atoms with van der Waals surface area (Å²) in [5.41, 5.74) is 3.62. The third-order valence-electron chi connectivity index (χ3n) is 3.21. The van der Waals surface area contributed by atoms with Crippen LogP contribution in [0.3, 0.4) is 0 Å². The lowest BCUT2D eigenvalue weighted by Crippen LogP contribution is -2.23. The number of benzene rings is 1. The highest BCUT2D eigenvalue weighted by atomic mass is 35.5. The lowest BCUT2D eigenvalue weighted by Gasteiger charge is -2.20. The van der Waals surface area contributed by atoms with E-state index >= 15 is 0 Å². The molecule has 0 saturated carbocycles. The van der Waals surface area contributed by atoms with Crippen molar-refractivity contribution in [3.63, 3.8) is 0 Å². The van der Waals surface area contributed by atoms with Crippen LogP contribution in [0.4, 0.5) is 0 Å². The number of hydrogen-bond donors (Lipinski definition) is 1. The van der Waals surface area contributed by atoms with Crippen LogP contribution in [-0.4, -0.2) is 16.3 Å². The van der Waals surface area contributed by atoms with Crippen LogP contribution in [0.2, 0.25) is 5.02 Å². The summed E-state index contributed by atoms with van der Waals surface area (Å²) >= 11 is 6.14. The minimum atomic E-state index is 0.146. The first kappa shape index (κ1) is 14.1. The van der Waals surface area contributed by atoms with Gasteiger partial charge < -0.3 is 5.32 Å². The van der Waals surface area contributed by atoms with Gasteiger partial charge in [0.25, 0.3) is 0 Å². The molecule has 2 aromatic rings. The van der Waals surface area contributed by atoms with Gasteiger partial charge in [-0.15, -0.1) is 0 Å². The Morgan fingerprint density at radius 3 is 2.84 bits per heavy atom. The van der Waals surface area contributed by atoms with E-state index in [-0.39, 0.29) is 6.04 Å². The van der Waals surface area contributed by atoms with Crippen LogP contribution in [0, 0.1) is 6.92 Å². The highest BCUT2D eigenvalue weighted by Crippen LogP contribution is 2.27. The molecule has 2 rings (SSSR count). The van der Waals surface area contributed by atoms with Crippen molar-refractivity contribution in [3.8, 4) is 0 Å². The first-order valence-corrected chi connectivity index (χ1v) is 6.97. The van der Waals surface area contributed by atoms with E-state index in [1.165, 1.54) is 16.7 Å². The molecule has 0 aliphatic heterocycles. The highest BCUT2D eigenvalue weighted by Gasteiger charge is 2.17. The molecular weight excluding hydrogens is 258 g/mol. The maximum atomic E-state index is 6.14. The number of halogens is 1. The van der Waals surface area contributed by atoms with Gasteiger partial charge in [0.15, 0.2) is 0 Å². The van der Waals surface area contributed by atoms with Gasteiger partial charge in [0.1, 0.15) is 0 Å². The minimum Gasteiger partial charge on any atom is -0.306 e. The second-order valence-corrected chi connectivity index (χ2v) is 5.27. The van der Waals surface area contributed by atoms with Crippen LogP contribution >= 0.6 is 11.6 Å². The molecule has 0 bridgehead atoms. The molecule has 102 valence electrons. The number of aryl methyl sites for hydroxylation is 2. The van der Waals surface area contributed by atoms with Gasteiger partial charge in [-0.3, -0.25) is 4.68 Å². The molecule has 1 aromatic carbocycles. The molecule has 1 unspecified atom stereocenters. The van der Waals surface area contributed by atoms with Crippen molar-refractivity contribution in [3.05, 3.63) is 52.3 Å². The van der Waals surface area contributed by atoms with E-state index in [1.54, 1.807) is 0 Å². The number of nitrogens with one attached hydrogen (secondary N) is 1. The molecular formula is C15H20ClN3. The minimum absolute atomic E-state index is 0.146. The quantitative estimate of drug-likeness (QED) is 0.907. The van der Waals surface area contributed by atoms with Gasteiger partial charge in [0.05, 0.1) is 12.2 Å². The van der Waals surface area contributed by atoms with Crippen molar-refractivity contribution in [1.29, 1.82) is 0 Å². The van der Waals surface area contributed by atoms with E-state index in [0.29, 0.717) is 0 Å².